The van der Waals surface area contributed by atoms with E-state index < -0.39 is 23.9 Å². The molecule has 2 fully saturated rings. The Bertz CT molecular complexity index is 1020. The Labute approximate surface area is 184 Å². The van der Waals surface area contributed by atoms with E-state index in [9.17, 15) is 19.2 Å². The van der Waals surface area contributed by atoms with Crippen LogP contribution in [-0.2, 0) is 16.6 Å². The fourth-order valence-corrected chi connectivity index (χ4v) is 4.03. The molecule has 2 aromatic heterocycles. The van der Waals surface area contributed by atoms with Gasteiger partial charge in [-0.1, -0.05) is 0 Å². The highest BCUT2D eigenvalue weighted by Crippen LogP contribution is 2.17. The highest BCUT2D eigenvalue weighted by Gasteiger charge is 2.39. The van der Waals surface area contributed by atoms with Crippen LogP contribution in [0.15, 0.2) is 37.1 Å². The van der Waals surface area contributed by atoms with Crippen molar-refractivity contribution in [2.75, 3.05) is 26.2 Å². The Morgan fingerprint density at radius 1 is 1.16 bits per heavy atom. The van der Waals surface area contributed by atoms with Crippen molar-refractivity contribution in [1.29, 1.82) is 0 Å². The second-order valence-electron chi connectivity index (χ2n) is 7.89. The maximum absolute atomic E-state index is 13.2. The van der Waals surface area contributed by atoms with Gasteiger partial charge in [-0.2, -0.15) is 0 Å². The zero-order valence-corrected chi connectivity index (χ0v) is 17.7. The van der Waals surface area contributed by atoms with E-state index in [4.69, 9.17) is 0 Å². The number of rotatable bonds is 4. The molecule has 2 saturated heterocycles. The van der Waals surface area contributed by atoms with Crippen LogP contribution < -0.4 is 10.6 Å². The Kier molecular flexibility index (Phi) is 6.15. The quantitative estimate of drug-likeness (QED) is 0.640. The van der Waals surface area contributed by atoms with E-state index in [1.54, 1.807) is 34.8 Å². The van der Waals surface area contributed by atoms with Crippen LogP contribution in [0.1, 0.15) is 33.7 Å². The van der Waals surface area contributed by atoms with Gasteiger partial charge < -0.3 is 25.0 Å². The molecule has 4 rings (SSSR count). The standard InChI is InChI=1S/C21H25N7O4/c1-26-7-3-5-16(26)21(32)27-8-9-28(20(31)14-10-22-13-23-11-14)17(12-27)19(30)25-15-4-2-6-24-18(15)29/h3,5,7,10-11,13,15,17H,2,4,6,8-9,12H2,1H3,(H,24,29)(H,25,30)/t15-,17+/m0/s1. The van der Waals surface area contributed by atoms with E-state index in [0.29, 0.717) is 18.7 Å². The third-order valence-corrected chi connectivity index (χ3v) is 5.80. The second-order valence-corrected chi connectivity index (χ2v) is 7.89. The zero-order chi connectivity index (χ0) is 22.7. The van der Waals surface area contributed by atoms with Crippen LogP contribution in [0.3, 0.4) is 0 Å². The van der Waals surface area contributed by atoms with Gasteiger partial charge in [0.15, 0.2) is 0 Å². The summed E-state index contributed by atoms with van der Waals surface area (Å²) in [6, 6.07) is 1.87. The highest BCUT2D eigenvalue weighted by atomic mass is 16.2. The first-order valence-corrected chi connectivity index (χ1v) is 10.5. The summed E-state index contributed by atoms with van der Waals surface area (Å²) in [6.07, 6.45) is 7.15. The summed E-state index contributed by atoms with van der Waals surface area (Å²) in [5.41, 5.74) is 0.745. The van der Waals surface area contributed by atoms with E-state index >= 15 is 0 Å². The number of carbonyl (C=O) groups is 4. The summed E-state index contributed by atoms with van der Waals surface area (Å²) in [7, 11) is 1.77. The number of aromatic nitrogens is 3. The van der Waals surface area contributed by atoms with Gasteiger partial charge in [-0.25, -0.2) is 9.97 Å². The van der Waals surface area contributed by atoms with Gasteiger partial charge in [0.05, 0.1) is 12.1 Å². The molecule has 0 aromatic carbocycles. The predicted octanol–water partition coefficient (Wildman–Crippen LogP) is -0.823. The van der Waals surface area contributed by atoms with E-state index in [2.05, 4.69) is 20.6 Å². The number of piperazine rings is 1. The number of nitrogens with zero attached hydrogens (tertiary/aromatic N) is 5. The number of amides is 4. The fraction of sp³-hybridized carbons (Fsp3) is 0.429. The van der Waals surface area contributed by atoms with Crippen LogP contribution in [0.2, 0.25) is 0 Å². The Morgan fingerprint density at radius 2 is 1.94 bits per heavy atom. The zero-order valence-electron chi connectivity index (χ0n) is 17.7. The molecular weight excluding hydrogens is 414 g/mol. The lowest BCUT2D eigenvalue weighted by Gasteiger charge is -2.41. The molecule has 4 heterocycles. The minimum absolute atomic E-state index is 0.0175. The Balaban J connectivity index is 1.56. The van der Waals surface area contributed by atoms with Gasteiger partial charge in [0.1, 0.15) is 24.1 Å². The summed E-state index contributed by atoms with van der Waals surface area (Å²) < 4.78 is 1.71. The molecule has 0 spiro atoms. The van der Waals surface area contributed by atoms with Gasteiger partial charge in [0.25, 0.3) is 11.8 Å². The minimum Gasteiger partial charge on any atom is -0.354 e. The van der Waals surface area contributed by atoms with Gasteiger partial charge in [-0.15, -0.1) is 0 Å². The number of aryl methyl sites for hydroxylation is 1. The number of hydrogen-bond donors (Lipinski definition) is 2. The SMILES string of the molecule is Cn1cccc1C(=O)N1CCN(C(=O)c2cncnc2)[C@@H](C(=O)N[C@H]2CCCNC2=O)C1. The average Bonchev–Trinajstić information content (AvgIpc) is 3.25. The van der Waals surface area contributed by atoms with E-state index in [0.717, 1.165) is 6.42 Å². The summed E-state index contributed by atoms with van der Waals surface area (Å²) in [6.45, 7) is 1.03. The minimum atomic E-state index is -0.949. The van der Waals surface area contributed by atoms with E-state index in [-0.39, 0.29) is 37.0 Å². The Morgan fingerprint density at radius 3 is 2.62 bits per heavy atom. The van der Waals surface area contributed by atoms with Crippen LogP contribution in [-0.4, -0.2) is 86.2 Å². The molecule has 2 atom stereocenters. The summed E-state index contributed by atoms with van der Waals surface area (Å²) in [5.74, 6) is -1.33. The molecule has 11 nitrogen and oxygen atoms in total. The molecule has 2 aliphatic rings. The Hall–Kier alpha value is -3.76. The smallest absolute Gasteiger partial charge is 0.270 e. The molecule has 0 unspecified atom stereocenters. The van der Waals surface area contributed by atoms with Crippen LogP contribution >= 0.6 is 0 Å². The molecule has 32 heavy (non-hydrogen) atoms. The number of nitrogens with one attached hydrogen (secondary N) is 2. The molecule has 4 amide bonds. The first-order chi connectivity index (χ1) is 15.5. The molecule has 11 heteroatoms. The molecule has 0 aliphatic carbocycles. The number of piperidine rings is 1. The summed E-state index contributed by atoms with van der Waals surface area (Å²) in [4.78, 5) is 62.2. The van der Waals surface area contributed by atoms with E-state index in [1.807, 2.05) is 0 Å². The second kappa shape index (κ2) is 9.16. The first-order valence-electron chi connectivity index (χ1n) is 10.5. The van der Waals surface area contributed by atoms with Gasteiger partial charge in [-0.3, -0.25) is 19.2 Å². The lowest BCUT2D eigenvalue weighted by atomic mass is 10.0. The molecule has 2 N–H and O–H groups in total. The third-order valence-electron chi connectivity index (χ3n) is 5.80. The maximum atomic E-state index is 13.2. The van der Waals surface area contributed by atoms with Gasteiger partial charge >= 0.3 is 0 Å². The van der Waals surface area contributed by atoms with Gasteiger partial charge in [-0.05, 0) is 25.0 Å². The van der Waals surface area contributed by atoms with Crippen molar-refractivity contribution in [3.8, 4) is 0 Å². The summed E-state index contributed by atoms with van der Waals surface area (Å²) >= 11 is 0. The van der Waals surface area contributed by atoms with Gasteiger partial charge in [0, 0.05) is 45.3 Å². The maximum Gasteiger partial charge on any atom is 0.270 e. The van der Waals surface area contributed by atoms with Crippen LogP contribution in [0.25, 0.3) is 0 Å². The lowest BCUT2D eigenvalue weighted by Crippen LogP contribution is -2.63. The molecule has 0 saturated carbocycles. The van der Waals surface area contributed by atoms with Crippen molar-refractivity contribution >= 4 is 23.6 Å². The van der Waals surface area contributed by atoms with Crippen molar-refractivity contribution in [3.05, 3.63) is 48.3 Å². The molecule has 0 radical (unpaired) electrons. The van der Waals surface area contributed by atoms with Crippen molar-refractivity contribution in [1.82, 2.24) is 35.0 Å². The van der Waals surface area contributed by atoms with Crippen LogP contribution in [0, 0.1) is 0 Å². The number of carbonyl (C=O) groups excluding carboxylic acids is 4. The van der Waals surface area contributed by atoms with E-state index in [1.165, 1.54) is 23.6 Å². The van der Waals surface area contributed by atoms with Crippen molar-refractivity contribution in [2.45, 2.75) is 24.9 Å². The summed E-state index contributed by atoms with van der Waals surface area (Å²) in [5, 5.41) is 5.49. The molecule has 2 aliphatic heterocycles. The van der Waals surface area contributed by atoms with Crippen LogP contribution in [0.4, 0.5) is 0 Å². The molecule has 0 bridgehead atoms. The van der Waals surface area contributed by atoms with Gasteiger partial charge in [0.2, 0.25) is 11.8 Å². The molecule has 168 valence electrons. The monoisotopic (exact) mass is 439 g/mol. The normalized spacial score (nSPS) is 21.1. The number of hydrogen-bond acceptors (Lipinski definition) is 6. The highest BCUT2D eigenvalue weighted by molar-refractivity contribution is 5.99. The van der Waals surface area contributed by atoms with Crippen LogP contribution in [0.5, 0.6) is 0 Å². The lowest BCUT2D eigenvalue weighted by molar-refractivity contribution is -0.133. The largest absolute Gasteiger partial charge is 0.354 e. The topological polar surface area (TPSA) is 130 Å². The fourth-order valence-electron chi connectivity index (χ4n) is 4.03. The third kappa shape index (κ3) is 4.32. The van der Waals surface area contributed by atoms with Crippen molar-refractivity contribution < 1.29 is 19.2 Å². The van der Waals surface area contributed by atoms with Crippen molar-refractivity contribution in [2.24, 2.45) is 7.05 Å². The molecular formula is C21H25N7O4. The average molecular weight is 439 g/mol. The van der Waals surface area contributed by atoms with Crippen molar-refractivity contribution in [3.63, 3.8) is 0 Å². The predicted molar refractivity (Wildman–Crippen MR) is 112 cm³/mol. The molecule has 2 aromatic rings. The first kappa shape index (κ1) is 21.5.